The molecule has 28 heavy (non-hydrogen) atoms. The first-order valence-electron chi connectivity index (χ1n) is 9.19. The molecule has 1 aromatic rings. The second-order valence-electron chi connectivity index (χ2n) is 6.32. The van der Waals surface area contributed by atoms with Crippen molar-refractivity contribution in [1.29, 1.82) is 0 Å². The summed E-state index contributed by atoms with van der Waals surface area (Å²) in [7, 11) is 3.08. The van der Waals surface area contributed by atoms with Crippen molar-refractivity contribution in [3.8, 4) is 11.5 Å². The minimum Gasteiger partial charge on any atom is -0.497 e. The van der Waals surface area contributed by atoms with E-state index in [0.29, 0.717) is 49.3 Å². The van der Waals surface area contributed by atoms with Crippen LogP contribution in [0.4, 0.5) is 0 Å². The molecule has 9 heteroatoms. The molecule has 152 valence electrons. The first-order valence-corrected chi connectivity index (χ1v) is 9.19. The number of morpholine rings is 1. The molecule has 2 heterocycles. The highest BCUT2D eigenvalue weighted by Gasteiger charge is 2.43. The third-order valence-corrected chi connectivity index (χ3v) is 4.71. The van der Waals surface area contributed by atoms with Crippen LogP contribution in [0.3, 0.4) is 0 Å². The lowest BCUT2D eigenvalue weighted by atomic mass is 9.90. The van der Waals surface area contributed by atoms with Crippen LogP contribution in [0.1, 0.15) is 18.5 Å². The third kappa shape index (κ3) is 4.04. The fraction of sp³-hybridized carbons (Fsp3) is 0.526. The quantitative estimate of drug-likeness (QED) is 0.584. The Bertz CT molecular complexity index is 760. The Hall–Kier alpha value is -2.81. The smallest absolute Gasteiger partial charge is 0.321 e. The van der Waals surface area contributed by atoms with Gasteiger partial charge in [0.1, 0.15) is 17.5 Å². The zero-order valence-electron chi connectivity index (χ0n) is 16.3. The molecule has 2 atom stereocenters. The molecule has 0 saturated carbocycles. The molecule has 0 aliphatic carbocycles. The van der Waals surface area contributed by atoms with E-state index in [-0.39, 0.29) is 6.61 Å². The molecule has 0 spiro atoms. The van der Waals surface area contributed by atoms with Gasteiger partial charge in [-0.05, 0) is 19.1 Å². The van der Waals surface area contributed by atoms with Gasteiger partial charge in [0.15, 0.2) is 5.92 Å². The van der Waals surface area contributed by atoms with Crippen molar-refractivity contribution < 1.29 is 28.5 Å². The summed E-state index contributed by atoms with van der Waals surface area (Å²) in [5, 5.41) is 2.75. The summed E-state index contributed by atoms with van der Waals surface area (Å²) in [6.45, 7) is 4.18. The second kappa shape index (κ2) is 8.92. The molecule has 2 aliphatic rings. The maximum Gasteiger partial charge on any atom is 0.321 e. The number of methoxy groups -OCH3 is 2. The number of nitrogens with one attached hydrogen (secondary N) is 1. The van der Waals surface area contributed by atoms with E-state index in [1.54, 1.807) is 32.2 Å². The molecule has 0 aromatic heterocycles. The lowest BCUT2D eigenvalue weighted by molar-refractivity contribution is -0.153. The summed E-state index contributed by atoms with van der Waals surface area (Å²) in [5.41, 5.74) is 0.613. The highest BCUT2D eigenvalue weighted by Crippen LogP contribution is 2.38. The summed E-state index contributed by atoms with van der Waals surface area (Å²) >= 11 is 0. The maximum atomic E-state index is 12.9. The van der Waals surface area contributed by atoms with Crippen LogP contribution in [0.5, 0.6) is 11.5 Å². The molecule has 0 radical (unpaired) electrons. The Balaban J connectivity index is 2.04. The van der Waals surface area contributed by atoms with Gasteiger partial charge in [-0.2, -0.15) is 0 Å². The Kier molecular flexibility index (Phi) is 6.35. The lowest BCUT2D eigenvalue weighted by Gasteiger charge is -2.35. The summed E-state index contributed by atoms with van der Waals surface area (Å²) < 4.78 is 21.2. The van der Waals surface area contributed by atoms with E-state index < -0.39 is 23.8 Å². The molecule has 1 amide bonds. The Morgan fingerprint density at radius 3 is 2.68 bits per heavy atom. The van der Waals surface area contributed by atoms with Gasteiger partial charge in [-0.25, -0.2) is 4.99 Å². The fourth-order valence-corrected chi connectivity index (χ4v) is 3.29. The van der Waals surface area contributed by atoms with Crippen LogP contribution in [0, 0.1) is 5.92 Å². The average Bonchev–Trinajstić information content (AvgIpc) is 2.73. The normalized spacial score (nSPS) is 22.2. The third-order valence-electron chi connectivity index (χ3n) is 4.71. The van der Waals surface area contributed by atoms with Crippen LogP contribution in [-0.4, -0.2) is 69.9 Å². The number of hydrogen-bond donors (Lipinski definition) is 1. The zero-order valence-corrected chi connectivity index (χ0v) is 16.3. The topological polar surface area (TPSA) is 98.7 Å². The molecular formula is C19H25N3O6. The predicted octanol–water partition coefficient (Wildman–Crippen LogP) is 0.742. The van der Waals surface area contributed by atoms with E-state index in [4.69, 9.17) is 23.9 Å². The van der Waals surface area contributed by atoms with Crippen molar-refractivity contribution in [1.82, 2.24) is 10.2 Å². The van der Waals surface area contributed by atoms with Crippen LogP contribution >= 0.6 is 0 Å². The molecule has 1 N–H and O–H groups in total. The molecule has 1 saturated heterocycles. The van der Waals surface area contributed by atoms with Gasteiger partial charge in [0.25, 0.3) is 0 Å². The number of carbonyl (C=O) groups is 2. The molecule has 0 unspecified atom stereocenters. The first kappa shape index (κ1) is 19.9. The molecule has 2 aliphatic heterocycles. The standard InChI is InChI=1S/C19H25N3O6/c1-4-28-18(24)15-16(13-6-5-12(25-2)11-14(13)26-3)20-19(21-17(15)23)22-7-9-27-10-8-22/h5-6,11,15-16H,4,7-10H2,1-3H3,(H,20,21,23)/t15-,16+/m1/s1. The number of rotatable bonds is 5. The van der Waals surface area contributed by atoms with Gasteiger partial charge in [0, 0.05) is 24.7 Å². The van der Waals surface area contributed by atoms with Gasteiger partial charge in [-0.15, -0.1) is 0 Å². The largest absolute Gasteiger partial charge is 0.497 e. The maximum absolute atomic E-state index is 12.9. The number of guanidine groups is 1. The van der Waals surface area contributed by atoms with Crippen LogP contribution in [-0.2, 0) is 19.1 Å². The highest BCUT2D eigenvalue weighted by atomic mass is 16.5. The van der Waals surface area contributed by atoms with E-state index >= 15 is 0 Å². The number of ether oxygens (including phenoxy) is 4. The molecular weight excluding hydrogens is 366 g/mol. The van der Waals surface area contributed by atoms with Crippen molar-refractivity contribution in [2.75, 3.05) is 47.1 Å². The molecule has 9 nitrogen and oxygen atoms in total. The van der Waals surface area contributed by atoms with E-state index in [0.717, 1.165) is 0 Å². The zero-order chi connectivity index (χ0) is 20.1. The van der Waals surface area contributed by atoms with E-state index in [1.807, 2.05) is 4.90 Å². The Morgan fingerprint density at radius 2 is 2.04 bits per heavy atom. The number of amides is 1. The monoisotopic (exact) mass is 391 g/mol. The van der Waals surface area contributed by atoms with Crippen LogP contribution in [0.25, 0.3) is 0 Å². The van der Waals surface area contributed by atoms with Gasteiger partial charge in [0.05, 0.1) is 34.0 Å². The Labute approximate surface area is 163 Å². The number of esters is 1. The van der Waals surface area contributed by atoms with Crippen molar-refractivity contribution in [3.63, 3.8) is 0 Å². The fourth-order valence-electron chi connectivity index (χ4n) is 3.29. The van der Waals surface area contributed by atoms with Crippen molar-refractivity contribution >= 4 is 17.8 Å². The minimum absolute atomic E-state index is 0.176. The van der Waals surface area contributed by atoms with Crippen LogP contribution in [0.2, 0.25) is 0 Å². The van der Waals surface area contributed by atoms with Crippen molar-refractivity contribution in [2.24, 2.45) is 10.9 Å². The number of hydrogen-bond acceptors (Lipinski definition) is 8. The SMILES string of the molecule is CCOC(=O)[C@H]1C(=O)NC(N2CCOCC2)=N[C@H]1c1ccc(OC)cc1OC. The number of benzene rings is 1. The van der Waals surface area contributed by atoms with Crippen molar-refractivity contribution in [3.05, 3.63) is 23.8 Å². The predicted molar refractivity (Wildman–Crippen MR) is 100 cm³/mol. The Morgan fingerprint density at radius 1 is 1.29 bits per heavy atom. The van der Waals surface area contributed by atoms with Gasteiger partial charge in [-0.3, -0.25) is 14.9 Å². The van der Waals surface area contributed by atoms with E-state index in [1.165, 1.54) is 7.11 Å². The van der Waals surface area contributed by atoms with Crippen LogP contribution < -0.4 is 14.8 Å². The van der Waals surface area contributed by atoms with E-state index in [2.05, 4.69) is 5.32 Å². The minimum atomic E-state index is -1.10. The van der Waals surface area contributed by atoms with Crippen molar-refractivity contribution in [2.45, 2.75) is 13.0 Å². The van der Waals surface area contributed by atoms with Crippen LogP contribution in [0.15, 0.2) is 23.2 Å². The van der Waals surface area contributed by atoms with E-state index in [9.17, 15) is 9.59 Å². The summed E-state index contributed by atoms with van der Waals surface area (Å²) in [6.07, 6.45) is 0. The molecule has 3 rings (SSSR count). The first-order chi connectivity index (χ1) is 13.6. The van der Waals surface area contributed by atoms with Gasteiger partial charge >= 0.3 is 5.97 Å². The van der Waals surface area contributed by atoms with Gasteiger partial charge in [0.2, 0.25) is 11.9 Å². The summed E-state index contributed by atoms with van der Waals surface area (Å²) in [4.78, 5) is 32.0. The molecule has 0 bridgehead atoms. The second-order valence-corrected chi connectivity index (χ2v) is 6.32. The average molecular weight is 391 g/mol. The number of carbonyl (C=O) groups excluding carboxylic acids is 2. The van der Waals surface area contributed by atoms with Gasteiger partial charge < -0.3 is 23.8 Å². The molecule has 1 aromatic carbocycles. The summed E-state index contributed by atoms with van der Waals surface area (Å²) in [6, 6.07) is 4.43. The summed E-state index contributed by atoms with van der Waals surface area (Å²) in [5.74, 6) is -0.654. The lowest BCUT2D eigenvalue weighted by Crippen LogP contribution is -2.55. The highest BCUT2D eigenvalue weighted by molar-refractivity contribution is 6.08. The number of aliphatic imine (C=N–C) groups is 1. The van der Waals surface area contributed by atoms with Gasteiger partial charge in [-0.1, -0.05) is 0 Å². The number of nitrogens with zero attached hydrogens (tertiary/aromatic N) is 2. The molecule has 1 fully saturated rings.